The van der Waals surface area contributed by atoms with Gasteiger partial charge in [-0.1, -0.05) is 111 Å². The van der Waals surface area contributed by atoms with Gasteiger partial charge < -0.3 is 10.2 Å². The van der Waals surface area contributed by atoms with E-state index in [4.69, 9.17) is 0 Å². The lowest BCUT2D eigenvalue weighted by atomic mass is 10.0. The van der Waals surface area contributed by atoms with Crippen LogP contribution in [0.15, 0.2) is 91.0 Å². The Morgan fingerprint density at radius 2 is 1.28 bits per heavy atom. The van der Waals surface area contributed by atoms with Crippen LogP contribution in [-0.4, -0.2) is 54.8 Å². The smallest absolute Gasteiger partial charge is 0.243 e. The number of carbonyl (C=O) groups excluding carboxylic acids is 2. The summed E-state index contributed by atoms with van der Waals surface area (Å²) >= 11 is 0. The topological polar surface area (TPSA) is 86.8 Å². The Morgan fingerprint density at radius 1 is 0.769 bits per heavy atom. The van der Waals surface area contributed by atoms with Gasteiger partial charge in [0.15, 0.2) is 0 Å². The summed E-state index contributed by atoms with van der Waals surface area (Å²) in [7, 11) is -3.70. The fourth-order valence-electron chi connectivity index (χ4n) is 4.36. The van der Waals surface area contributed by atoms with Gasteiger partial charge in [0.2, 0.25) is 21.8 Å². The van der Waals surface area contributed by atoms with E-state index in [9.17, 15) is 18.0 Å². The molecule has 39 heavy (non-hydrogen) atoms. The lowest BCUT2D eigenvalue weighted by Gasteiger charge is -2.33. The van der Waals surface area contributed by atoms with Crippen molar-refractivity contribution in [2.75, 3.05) is 19.3 Å². The fourth-order valence-corrected chi connectivity index (χ4v) is 5.09. The number of nitrogens with one attached hydrogen (secondary N) is 1. The van der Waals surface area contributed by atoms with Crippen LogP contribution >= 0.6 is 0 Å². The summed E-state index contributed by atoms with van der Waals surface area (Å²) in [6.07, 6.45) is 4.30. The second-order valence-electron chi connectivity index (χ2n) is 9.73. The van der Waals surface area contributed by atoms with Crippen molar-refractivity contribution in [1.29, 1.82) is 0 Å². The molecule has 0 aliphatic heterocycles. The van der Waals surface area contributed by atoms with Crippen molar-refractivity contribution in [2.24, 2.45) is 0 Å². The quantitative estimate of drug-likeness (QED) is 0.285. The number of benzene rings is 3. The molecule has 0 unspecified atom stereocenters. The number of sulfonamides is 1. The van der Waals surface area contributed by atoms with Crippen molar-refractivity contribution in [2.45, 2.75) is 51.7 Å². The molecule has 0 radical (unpaired) electrons. The van der Waals surface area contributed by atoms with E-state index in [1.807, 2.05) is 91.0 Å². The number of amides is 2. The highest BCUT2D eigenvalue weighted by atomic mass is 32.2. The summed E-state index contributed by atoms with van der Waals surface area (Å²) in [6.45, 7) is 2.51. The lowest BCUT2D eigenvalue weighted by Crippen LogP contribution is -2.53. The van der Waals surface area contributed by atoms with Gasteiger partial charge in [-0.25, -0.2) is 8.42 Å². The molecule has 0 fully saturated rings. The molecular weight excluding hydrogens is 510 g/mol. The first kappa shape index (κ1) is 30.1. The van der Waals surface area contributed by atoms with Crippen molar-refractivity contribution in [1.82, 2.24) is 14.5 Å². The zero-order chi connectivity index (χ0) is 28.1. The number of rotatable bonds is 15. The molecule has 8 heteroatoms. The van der Waals surface area contributed by atoms with E-state index in [2.05, 4.69) is 12.2 Å². The molecule has 2 amide bonds. The zero-order valence-electron chi connectivity index (χ0n) is 22.8. The second kappa shape index (κ2) is 15.2. The number of nitrogens with zero attached hydrogens (tertiary/aromatic N) is 2. The van der Waals surface area contributed by atoms with Crippen LogP contribution in [0.3, 0.4) is 0 Å². The van der Waals surface area contributed by atoms with E-state index >= 15 is 0 Å². The van der Waals surface area contributed by atoms with Crippen molar-refractivity contribution >= 4 is 21.8 Å². The number of hydrogen-bond donors (Lipinski definition) is 1. The average molecular weight is 550 g/mol. The normalized spacial score (nSPS) is 12.2. The standard InChI is InChI=1S/C31H39N3O4S/c1-3-4-14-21-32-31(36)29(22-26-15-8-5-9-16-26)34(24-28-19-12-7-13-20-28)30(35)25-33(39(2,37)38)23-27-17-10-6-11-18-27/h5-13,15-20,29H,3-4,14,21-25H2,1-2H3,(H,32,36)/t29-/m0/s1. The first-order chi connectivity index (χ1) is 18.8. The Labute approximate surface area is 232 Å². The summed E-state index contributed by atoms with van der Waals surface area (Å²) < 4.78 is 26.6. The van der Waals surface area contributed by atoms with E-state index in [1.165, 1.54) is 9.21 Å². The van der Waals surface area contributed by atoms with E-state index in [0.717, 1.165) is 42.2 Å². The van der Waals surface area contributed by atoms with Gasteiger partial charge in [0.1, 0.15) is 6.04 Å². The summed E-state index contributed by atoms with van der Waals surface area (Å²) in [5.41, 5.74) is 2.55. The molecule has 0 aliphatic carbocycles. The van der Waals surface area contributed by atoms with Gasteiger partial charge in [0.05, 0.1) is 12.8 Å². The number of unbranched alkanes of at least 4 members (excludes halogenated alkanes) is 2. The molecule has 208 valence electrons. The maximum Gasteiger partial charge on any atom is 0.243 e. The molecule has 7 nitrogen and oxygen atoms in total. The van der Waals surface area contributed by atoms with Gasteiger partial charge in [-0.05, 0) is 23.1 Å². The first-order valence-corrected chi connectivity index (χ1v) is 15.3. The third-order valence-electron chi connectivity index (χ3n) is 6.53. The van der Waals surface area contributed by atoms with Crippen LogP contribution in [0, 0.1) is 0 Å². The van der Waals surface area contributed by atoms with Crippen LogP contribution < -0.4 is 5.32 Å². The van der Waals surface area contributed by atoms with Crippen molar-refractivity contribution in [3.8, 4) is 0 Å². The van der Waals surface area contributed by atoms with Crippen LogP contribution in [0.5, 0.6) is 0 Å². The highest BCUT2D eigenvalue weighted by molar-refractivity contribution is 7.88. The maximum atomic E-state index is 13.9. The van der Waals surface area contributed by atoms with Gasteiger partial charge in [0.25, 0.3) is 0 Å². The fraction of sp³-hybridized carbons (Fsp3) is 0.355. The number of hydrogen-bond acceptors (Lipinski definition) is 4. The minimum Gasteiger partial charge on any atom is -0.354 e. The zero-order valence-corrected chi connectivity index (χ0v) is 23.6. The molecule has 0 aliphatic rings. The average Bonchev–Trinajstić information content (AvgIpc) is 2.93. The maximum absolute atomic E-state index is 13.9. The largest absolute Gasteiger partial charge is 0.354 e. The molecule has 0 bridgehead atoms. The van der Waals surface area contributed by atoms with Crippen LogP contribution in [0.2, 0.25) is 0 Å². The molecule has 0 heterocycles. The highest BCUT2D eigenvalue weighted by Gasteiger charge is 2.32. The summed E-state index contributed by atoms with van der Waals surface area (Å²) in [4.78, 5) is 29.1. The van der Waals surface area contributed by atoms with Crippen molar-refractivity contribution in [3.05, 3.63) is 108 Å². The third-order valence-corrected chi connectivity index (χ3v) is 7.73. The number of carbonyl (C=O) groups is 2. The summed E-state index contributed by atoms with van der Waals surface area (Å²) in [5, 5.41) is 3.02. The van der Waals surface area contributed by atoms with Crippen LogP contribution in [0.25, 0.3) is 0 Å². The van der Waals surface area contributed by atoms with Gasteiger partial charge in [-0.15, -0.1) is 0 Å². The molecule has 3 aromatic rings. The molecule has 1 atom stereocenters. The van der Waals surface area contributed by atoms with Gasteiger partial charge in [0, 0.05) is 26.1 Å². The Morgan fingerprint density at radius 3 is 1.79 bits per heavy atom. The molecule has 0 aromatic heterocycles. The molecule has 0 saturated carbocycles. The molecule has 0 spiro atoms. The molecule has 3 rings (SSSR count). The van der Waals surface area contributed by atoms with Crippen LogP contribution in [0.1, 0.15) is 42.9 Å². The van der Waals surface area contributed by atoms with E-state index in [0.29, 0.717) is 13.0 Å². The van der Waals surface area contributed by atoms with Gasteiger partial charge in [-0.3, -0.25) is 9.59 Å². The molecular formula is C31H39N3O4S. The minimum absolute atomic E-state index is 0.0666. The SMILES string of the molecule is CCCCCNC(=O)[C@H](Cc1ccccc1)N(Cc1ccccc1)C(=O)CN(Cc1ccccc1)S(C)(=O)=O. The van der Waals surface area contributed by atoms with Gasteiger partial charge in [-0.2, -0.15) is 4.31 Å². The Hall–Kier alpha value is -3.49. The predicted molar refractivity (Wildman–Crippen MR) is 155 cm³/mol. The Balaban J connectivity index is 1.93. The Kier molecular flexibility index (Phi) is 11.7. The van der Waals surface area contributed by atoms with Crippen molar-refractivity contribution < 1.29 is 18.0 Å². The second-order valence-corrected chi connectivity index (χ2v) is 11.7. The molecule has 1 N–H and O–H groups in total. The predicted octanol–water partition coefficient (Wildman–Crippen LogP) is 4.39. The minimum atomic E-state index is -3.70. The van der Waals surface area contributed by atoms with E-state index in [1.54, 1.807) is 0 Å². The summed E-state index contributed by atoms with van der Waals surface area (Å²) in [5.74, 6) is -0.668. The highest BCUT2D eigenvalue weighted by Crippen LogP contribution is 2.17. The third kappa shape index (κ3) is 9.96. The molecule has 0 saturated heterocycles. The lowest BCUT2D eigenvalue weighted by molar-refractivity contribution is -0.141. The van der Waals surface area contributed by atoms with E-state index < -0.39 is 22.0 Å². The molecule has 3 aromatic carbocycles. The van der Waals surface area contributed by atoms with Crippen LogP contribution in [-0.2, 0) is 39.1 Å². The monoisotopic (exact) mass is 549 g/mol. The van der Waals surface area contributed by atoms with Crippen LogP contribution in [0.4, 0.5) is 0 Å². The Bertz CT molecular complexity index is 1270. The summed E-state index contributed by atoms with van der Waals surface area (Å²) in [6, 6.07) is 27.4. The van der Waals surface area contributed by atoms with E-state index in [-0.39, 0.29) is 25.5 Å². The first-order valence-electron chi connectivity index (χ1n) is 13.4. The van der Waals surface area contributed by atoms with Crippen molar-refractivity contribution in [3.63, 3.8) is 0 Å². The van der Waals surface area contributed by atoms with Gasteiger partial charge >= 0.3 is 0 Å².